The molecule has 0 saturated carbocycles. The fourth-order valence-electron chi connectivity index (χ4n) is 6.65. The molecule has 70 heavy (non-hydrogen) atoms. The number of hydrogen-bond acceptors (Lipinski definition) is 18. The van der Waals surface area contributed by atoms with Gasteiger partial charge in [0, 0.05) is 84.0 Å². The van der Waals surface area contributed by atoms with E-state index >= 15 is 0 Å². The van der Waals surface area contributed by atoms with Crippen LogP contribution in [0.3, 0.4) is 0 Å². The number of imidazole rings is 2. The van der Waals surface area contributed by atoms with Crippen molar-refractivity contribution in [1.82, 2.24) is 73.7 Å². The molecule has 8 heterocycles. The summed E-state index contributed by atoms with van der Waals surface area (Å²) >= 11 is 15.0. The lowest BCUT2D eigenvalue weighted by Crippen LogP contribution is -2.32. The molecule has 0 unspecified atom stereocenters. The van der Waals surface area contributed by atoms with Crippen LogP contribution in [0.25, 0.3) is 20.7 Å². The number of halogens is 4. The second-order valence-corrected chi connectivity index (χ2v) is 20.2. The number of aryl methyl sites for hydroxylation is 3. The van der Waals surface area contributed by atoms with Gasteiger partial charge in [0.1, 0.15) is 34.3 Å². The van der Waals surface area contributed by atoms with Crippen molar-refractivity contribution in [3.05, 3.63) is 115 Å². The molecule has 0 radical (unpaired) electrons. The first-order valence-electron chi connectivity index (χ1n) is 21.3. The molecule has 0 aliphatic carbocycles. The summed E-state index contributed by atoms with van der Waals surface area (Å²) in [6.45, 7) is 10.6. The van der Waals surface area contributed by atoms with Crippen LogP contribution in [0.4, 0.5) is 20.4 Å². The molecular weight excluding hydrogens is 1000 g/mol. The first-order valence-corrected chi connectivity index (χ1v) is 25.1. The highest BCUT2D eigenvalue weighted by Gasteiger charge is 2.24. The molecule has 19 nitrogen and oxygen atoms in total. The van der Waals surface area contributed by atoms with E-state index in [9.17, 15) is 17.2 Å². The van der Waals surface area contributed by atoms with Crippen molar-refractivity contribution in [3.63, 3.8) is 0 Å². The number of aromatic amines is 1. The maximum atomic E-state index is 13.9. The summed E-state index contributed by atoms with van der Waals surface area (Å²) in [6.07, 6.45) is 5.73. The molecule has 8 aromatic rings. The lowest BCUT2D eigenvalue weighted by Gasteiger charge is -2.16. The lowest BCUT2D eigenvalue weighted by molar-refractivity contribution is 0.506. The molecule has 0 fully saturated rings. The van der Waals surface area contributed by atoms with Gasteiger partial charge in [0.15, 0.2) is 21.3 Å². The predicted molar refractivity (Wildman–Crippen MR) is 275 cm³/mol. The summed E-state index contributed by atoms with van der Waals surface area (Å²) in [7, 11) is -0.655. The smallest absolute Gasteiger partial charge is 0.308 e. The summed E-state index contributed by atoms with van der Waals surface area (Å²) < 4.78 is 55.7. The molecule has 0 bridgehead atoms. The summed E-state index contributed by atoms with van der Waals surface area (Å²) in [6, 6.07) is 5.79. The molecule has 0 amide bonds. The summed E-state index contributed by atoms with van der Waals surface area (Å²) in [4.78, 5) is 47.9. The van der Waals surface area contributed by atoms with Crippen LogP contribution in [0, 0.1) is 39.3 Å². The Bertz CT molecular complexity index is 3110. The normalized spacial score (nSPS) is 11.4. The topological polar surface area (TPSA) is 235 Å². The van der Waals surface area contributed by atoms with Gasteiger partial charge in [-0.2, -0.15) is 22.7 Å². The molecule has 5 N–H and O–H groups in total. The van der Waals surface area contributed by atoms with E-state index in [1.807, 2.05) is 13.8 Å². The third-order valence-electron chi connectivity index (χ3n) is 10.4. The summed E-state index contributed by atoms with van der Waals surface area (Å²) in [5.41, 5.74) is 5.18. The number of nitrogens with one attached hydrogen (secondary N) is 5. The van der Waals surface area contributed by atoms with E-state index in [1.54, 1.807) is 26.1 Å². The van der Waals surface area contributed by atoms with Gasteiger partial charge >= 0.3 is 10.2 Å². The number of hydrogen-bond donors (Lipinski definition) is 5. The fourth-order valence-corrected chi connectivity index (χ4v) is 10.2. The Hall–Kier alpha value is -5.47. The Balaban J connectivity index is 0.000000257. The zero-order valence-electron chi connectivity index (χ0n) is 38.0. The Morgan fingerprint density at radius 1 is 0.671 bits per heavy atom. The zero-order chi connectivity index (χ0) is 48.5. The number of rotatable bonds is 20. The number of nitrogens with zero attached hydrogens (tertiary/aromatic N) is 12. The van der Waals surface area contributed by atoms with Crippen molar-refractivity contribution >= 4 is 88.4 Å². The standard InChI is InChI=1S/C22H27ClFN9O2S2.C20H22ClFN8S.2CH4/c1-13-14(2)33(37(34,35)32(3)4)17(28-13)7-10-25-11-8-18-29-19-20(30-22(23)31-21(19)36-18)27-12-16-15(24)6-5-9-26-16;1-11-12(2)27-15(26-11)5-8-23-9-6-16-28-17-18(29-20(21)30-19(17)31-16)25-10-14-13(22)4-3-7-24-14;;/h5-6,9,25H,7-8,10-12H2,1-4H3,(H,27,30,31);3-4,7,23H,5-6,8-10H2,1-2H3,(H,26,27)(H,25,29,30);2*1H4. The second kappa shape index (κ2) is 25.1. The number of fused-ring (bicyclic) bond motifs is 2. The Labute approximate surface area is 424 Å². The maximum absolute atomic E-state index is 13.9. The minimum Gasteiger partial charge on any atom is -0.362 e. The van der Waals surface area contributed by atoms with Crippen molar-refractivity contribution in [2.75, 3.05) is 50.9 Å². The van der Waals surface area contributed by atoms with Gasteiger partial charge in [0.05, 0.1) is 51.6 Å². The van der Waals surface area contributed by atoms with Crippen molar-refractivity contribution in [2.24, 2.45) is 0 Å². The van der Waals surface area contributed by atoms with Gasteiger partial charge < -0.3 is 26.3 Å². The minimum absolute atomic E-state index is 0. The van der Waals surface area contributed by atoms with Crippen LogP contribution in [0.1, 0.15) is 70.7 Å². The van der Waals surface area contributed by atoms with Gasteiger partial charge in [-0.3, -0.25) is 9.97 Å². The first-order chi connectivity index (χ1) is 32.6. The highest BCUT2D eigenvalue weighted by atomic mass is 35.5. The van der Waals surface area contributed by atoms with Crippen molar-refractivity contribution < 1.29 is 17.2 Å². The molecule has 376 valence electrons. The minimum atomic E-state index is -3.65. The monoisotopic (exact) mass is 1060 g/mol. The molecule has 0 aromatic carbocycles. The van der Waals surface area contributed by atoms with E-state index in [-0.39, 0.29) is 50.0 Å². The third kappa shape index (κ3) is 13.9. The highest BCUT2D eigenvalue weighted by Crippen LogP contribution is 2.29. The summed E-state index contributed by atoms with van der Waals surface area (Å²) in [5, 5.41) is 14.8. The second-order valence-electron chi connectivity index (χ2n) is 15.4. The third-order valence-corrected chi connectivity index (χ3v) is 14.6. The van der Waals surface area contributed by atoms with Crippen LogP contribution in [0.15, 0.2) is 36.7 Å². The van der Waals surface area contributed by atoms with Crippen LogP contribution >= 0.6 is 45.9 Å². The van der Waals surface area contributed by atoms with Gasteiger partial charge in [0.25, 0.3) is 0 Å². The van der Waals surface area contributed by atoms with E-state index < -0.39 is 16.0 Å². The Morgan fingerprint density at radius 2 is 1.16 bits per heavy atom. The van der Waals surface area contributed by atoms with E-state index in [0.717, 1.165) is 53.2 Å². The highest BCUT2D eigenvalue weighted by molar-refractivity contribution is 7.87. The number of aromatic nitrogens is 12. The van der Waals surface area contributed by atoms with Gasteiger partial charge in [0.2, 0.25) is 10.6 Å². The largest absolute Gasteiger partial charge is 0.362 e. The van der Waals surface area contributed by atoms with Crippen LogP contribution in [0.2, 0.25) is 10.6 Å². The number of thiazole rings is 2. The van der Waals surface area contributed by atoms with Crippen LogP contribution in [-0.2, 0) is 49.0 Å². The van der Waals surface area contributed by atoms with Crippen LogP contribution in [0.5, 0.6) is 0 Å². The number of H-pyrrole nitrogens is 1. The summed E-state index contributed by atoms with van der Waals surface area (Å²) in [5.74, 6) is 1.57. The molecule has 26 heteroatoms. The average Bonchev–Trinajstić information content (AvgIpc) is 4.06. The van der Waals surface area contributed by atoms with Crippen molar-refractivity contribution in [2.45, 2.75) is 81.3 Å². The van der Waals surface area contributed by atoms with Gasteiger partial charge in [-0.05, 0) is 75.2 Å². The molecule has 0 atom stereocenters. The Kier molecular flexibility index (Phi) is 19.9. The average molecular weight is 1060 g/mol. The number of pyridine rings is 2. The van der Waals surface area contributed by atoms with Crippen molar-refractivity contribution in [1.29, 1.82) is 0 Å². The maximum Gasteiger partial charge on any atom is 0.308 e. The Morgan fingerprint density at radius 3 is 1.61 bits per heavy atom. The molecule has 0 aliphatic rings. The van der Waals surface area contributed by atoms with E-state index in [1.165, 1.54) is 69.4 Å². The molecule has 8 aromatic heterocycles. The van der Waals surface area contributed by atoms with E-state index in [4.69, 9.17) is 23.2 Å². The van der Waals surface area contributed by atoms with Gasteiger partial charge in [-0.15, -0.1) is 0 Å². The predicted octanol–water partition coefficient (Wildman–Crippen LogP) is 7.60. The van der Waals surface area contributed by atoms with E-state index in [2.05, 4.69) is 76.1 Å². The van der Waals surface area contributed by atoms with Crippen molar-refractivity contribution in [3.8, 4) is 0 Å². The molecule has 8 rings (SSSR count). The first kappa shape index (κ1) is 55.5. The van der Waals surface area contributed by atoms with Gasteiger partial charge in [-0.1, -0.05) is 37.5 Å². The zero-order valence-corrected chi connectivity index (χ0v) is 41.9. The number of anilines is 2. The molecule has 0 saturated heterocycles. The lowest BCUT2D eigenvalue weighted by atomic mass is 10.3. The molecule has 0 aliphatic heterocycles. The van der Waals surface area contributed by atoms with Crippen LogP contribution < -0.4 is 21.3 Å². The molecule has 0 spiro atoms. The molecular formula is C44H57Cl2F2N17O2S3. The SMILES string of the molecule is C.C.Cc1nc(CCNCCc2nc3c(NCc4ncccc4F)nc(Cl)nc3s2)[nH]c1C.Cc1nc(CCNCCc2nc3c(NCc4ncccc4F)nc(Cl)nc3s2)n(S(=O)(=O)N(C)C)c1C. The van der Waals surface area contributed by atoms with E-state index in [0.29, 0.717) is 81.2 Å². The fraction of sp³-hybridized carbons (Fsp3) is 0.409. The van der Waals surface area contributed by atoms with Gasteiger partial charge in [-0.25, -0.2) is 42.7 Å². The van der Waals surface area contributed by atoms with Crippen LogP contribution in [-0.4, -0.2) is 112 Å². The quantitative estimate of drug-likeness (QED) is 0.0365.